The lowest BCUT2D eigenvalue weighted by atomic mass is 10.0. The molecule has 1 rings (SSSR count). The average molecular weight is 164 g/mol. The van der Waals surface area contributed by atoms with E-state index in [9.17, 15) is 0 Å². The van der Waals surface area contributed by atoms with Crippen molar-refractivity contribution in [3.63, 3.8) is 0 Å². The van der Waals surface area contributed by atoms with Gasteiger partial charge in [0.05, 0.1) is 0 Å². The van der Waals surface area contributed by atoms with Crippen LogP contribution >= 0.6 is 0 Å². The molecular formula is C10H16N2. The van der Waals surface area contributed by atoms with Crippen LogP contribution in [0.5, 0.6) is 0 Å². The Morgan fingerprint density at radius 2 is 2.08 bits per heavy atom. The summed E-state index contributed by atoms with van der Waals surface area (Å²) in [7, 11) is 0. The highest BCUT2D eigenvalue weighted by atomic mass is 14.6. The fraction of sp³-hybridized carbons (Fsp3) is 0.400. The molecule has 0 aliphatic rings. The average Bonchev–Trinajstić information content (AvgIpc) is 1.96. The molecule has 0 aliphatic carbocycles. The predicted octanol–water partition coefficient (Wildman–Crippen LogP) is 1.47. The summed E-state index contributed by atoms with van der Waals surface area (Å²) in [5, 5.41) is 0. The van der Waals surface area contributed by atoms with E-state index >= 15 is 0 Å². The smallest absolute Gasteiger partial charge is 0.0316 e. The van der Waals surface area contributed by atoms with Crippen LogP contribution in [0.4, 0.5) is 5.69 Å². The zero-order valence-corrected chi connectivity index (χ0v) is 7.67. The first-order valence-electron chi connectivity index (χ1n) is 4.20. The monoisotopic (exact) mass is 164 g/mol. The summed E-state index contributed by atoms with van der Waals surface area (Å²) in [6, 6.07) is 6.15. The summed E-state index contributed by atoms with van der Waals surface area (Å²) in [6.45, 7) is 4.08. The van der Waals surface area contributed by atoms with Gasteiger partial charge in [-0.3, -0.25) is 0 Å². The third-order valence-corrected chi connectivity index (χ3v) is 1.92. The lowest BCUT2D eigenvalue weighted by molar-refractivity contribution is 0.735. The lowest BCUT2D eigenvalue weighted by Gasteiger charge is -2.09. The molecule has 0 aliphatic heterocycles. The second-order valence-corrected chi connectivity index (χ2v) is 3.37. The molecule has 0 aromatic heterocycles. The van der Waals surface area contributed by atoms with Crippen LogP contribution in [0, 0.1) is 6.92 Å². The van der Waals surface area contributed by atoms with Gasteiger partial charge in [0.1, 0.15) is 0 Å². The summed E-state index contributed by atoms with van der Waals surface area (Å²) in [5.41, 5.74) is 14.7. The molecule has 1 aromatic carbocycles. The quantitative estimate of drug-likeness (QED) is 0.650. The Bertz CT molecular complexity index is 267. The van der Waals surface area contributed by atoms with Gasteiger partial charge in [0.25, 0.3) is 0 Å². The Hall–Kier alpha value is -1.02. The Morgan fingerprint density at radius 3 is 2.67 bits per heavy atom. The van der Waals surface area contributed by atoms with Crippen molar-refractivity contribution in [2.45, 2.75) is 26.3 Å². The Morgan fingerprint density at radius 1 is 1.42 bits per heavy atom. The van der Waals surface area contributed by atoms with Crippen LogP contribution in [-0.4, -0.2) is 6.04 Å². The lowest BCUT2D eigenvalue weighted by Crippen LogP contribution is -2.18. The highest BCUT2D eigenvalue weighted by Gasteiger charge is 2.01. The van der Waals surface area contributed by atoms with Crippen molar-refractivity contribution in [3.8, 4) is 0 Å². The SMILES string of the molecule is Cc1ccc(N)cc1CC(C)N. The maximum absolute atomic E-state index is 5.70. The van der Waals surface area contributed by atoms with E-state index in [1.807, 2.05) is 25.1 Å². The zero-order chi connectivity index (χ0) is 9.14. The van der Waals surface area contributed by atoms with Crippen LogP contribution < -0.4 is 11.5 Å². The molecule has 0 amide bonds. The van der Waals surface area contributed by atoms with Crippen molar-refractivity contribution in [3.05, 3.63) is 29.3 Å². The van der Waals surface area contributed by atoms with Gasteiger partial charge in [0, 0.05) is 11.7 Å². The van der Waals surface area contributed by atoms with Crippen LogP contribution in [-0.2, 0) is 6.42 Å². The maximum atomic E-state index is 5.70. The van der Waals surface area contributed by atoms with Gasteiger partial charge in [-0.1, -0.05) is 6.07 Å². The van der Waals surface area contributed by atoms with Crippen molar-refractivity contribution >= 4 is 5.69 Å². The number of benzene rings is 1. The molecule has 1 aromatic rings. The predicted molar refractivity (Wildman–Crippen MR) is 52.9 cm³/mol. The normalized spacial score (nSPS) is 12.9. The third-order valence-electron chi connectivity index (χ3n) is 1.92. The van der Waals surface area contributed by atoms with Crippen LogP contribution in [0.25, 0.3) is 0 Å². The molecule has 4 N–H and O–H groups in total. The minimum atomic E-state index is 0.200. The van der Waals surface area contributed by atoms with Gasteiger partial charge < -0.3 is 11.5 Å². The van der Waals surface area contributed by atoms with Crippen molar-refractivity contribution in [2.75, 3.05) is 5.73 Å². The fourth-order valence-electron chi connectivity index (χ4n) is 1.26. The number of anilines is 1. The fourth-order valence-corrected chi connectivity index (χ4v) is 1.26. The van der Waals surface area contributed by atoms with Crippen molar-refractivity contribution < 1.29 is 0 Å². The molecule has 0 saturated heterocycles. The van der Waals surface area contributed by atoms with Gasteiger partial charge in [-0.05, 0) is 43.5 Å². The number of hydrogen-bond acceptors (Lipinski definition) is 2. The number of rotatable bonds is 2. The zero-order valence-electron chi connectivity index (χ0n) is 7.67. The van der Waals surface area contributed by atoms with Crippen molar-refractivity contribution in [1.82, 2.24) is 0 Å². The Labute approximate surface area is 73.6 Å². The molecule has 0 bridgehead atoms. The molecule has 1 unspecified atom stereocenters. The molecule has 0 saturated carbocycles. The van der Waals surface area contributed by atoms with Gasteiger partial charge in [0.15, 0.2) is 0 Å². The number of hydrogen-bond donors (Lipinski definition) is 2. The number of nitrogens with two attached hydrogens (primary N) is 2. The molecule has 0 fully saturated rings. The summed E-state index contributed by atoms with van der Waals surface area (Å²) in [4.78, 5) is 0. The van der Waals surface area contributed by atoms with Crippen molar-refractivity contribution in [1.29, 1.82) is 0 Å². The summed E-state index contributed by atoms with van der Waals surface area (Å²) >= 11 is 0. The number of nitrogen functional groups attached to an aromatic ring is 1. The second kappa shape index (κ2) is 3.59. The van der Waals surface area contributed by atoms with E-state index < -0.39 is 0 Å². The van der Waals surface area contributed by atoms with Gasteiger partial charge in [-0.2, -0.15) is 0 Å². The van der Waals surface area contributed by atoms with Gasteiger partial charge in [0.2, 0.25) is 0 Å². The van der Waals surface area contributed by atoms with Crippen LogP contribution in [0.2, 0.25) is 0 Å². The Balaban J connectivity index is 2.90. The second-order valence-electron chi connectivity index (χ2n) is 3.37. The first kappa shape index (κ1) is 9.07. The van der Waals surface area contributed by atoms with Crippen LogP contribution in [0.1, 0.15) is 18.1 Å². The standard InChI is InChI=1S/C10H16N2/c1-7-3-4-10(12)6-9(7)5-8(2)11/h3-4,6,8H,5,11-12H2,1-2H3. The first-order valence-corrected chi connectivity index (χ1v) is 4.20. The summed E-state index contributed by atoms with van der Waals surface area (Å²) in [5.74, 6) is 0. The van der Waals surface area contributed by atoms with Gasteiger partial charge in [-0.25, -0.2) is 0 Å². The molecule has 0 heterocycles. The van der Waals surface area contributed by atoms with Gasteiger partial charge in [-0.15, -0.1) is 0 Å². The third kappa shape index (κ3) is 2.24. The van der Waals surface area contributed by atoms with E-state index in [1.165, 1.54) is 11.1 Å². The molecule has 2 heteroatoms. The molecular weight excluding hydrogens is 148 g/mol. The first-order chi connectivity index (χ1) is 5.59. The molecule has 0 spiro atoms. The highest BCUT2D eigenvalue weighted by molar-refractivity contribution is 5.44. The highest BCUT2D eigenvalue weighted by Crippen LogP contribution is 2.13. The van der Waals surface area contributed by atoms with Crippen molar-refractivity contribution in [2.24, 2.45) is 5.73 Å². The molecule has 66 valence electrons. The minimum absolute atomic E-state index is 0.200. The van der Waals surface area contributed by atoms with E-state index in [0.717, 1.165) is 12.1 Å². The largest absolute Gasteiger partial charge is 0.399 e. The maximum Gasteiger partial charge on any atom is 0.0316 e. The topological polar surface area (TPSA) is 52.0 Å². The van der Waals surface area contributed by atoms with E-state index in [-0.39, 0.29) is 6.04 Å². The van der Waals surface area contributed by atoms with E-state index in [0.29, 0.717) is 0 Å². The van der Waals surface area contributed by atoms with Crippen LogP contribution in [0.3, 0.4) is 0 Å². The molecule has 2 nitrogen and oxygen atoms in total. The van der Waals surface area contributed by atoms with E-state index in [2.05, 4.69) is 6.92 Å². The van der Waals surface area contributed by atoms with Crippen LogP contribution in [0.15, 0.2) is 18.2 Å². The Kier molecular flexibility index (Phi) is 2.71. The van der Waals surface area contributed by atoms with E-state index in [1.54, 1.807) is 0 Å². The summed E-state index contributed by atoms with van der Waals surface area (Å²) in [6.07, 6.45) is 0.900. The number of aryl methyl sites for hydroxylation is 1. The molecule has 0 radical (unpaired) electrons. The molecule has 12 heavy (non-hydrogen) atoms. The van der Waals surface area contributed by atoms with Gasteiger partial charge >= 0.3 is 0 Å². The van der Waals surface area contributed by atoms with E-state index in [4.69, 9.17) is 11.5 Å². The molecule has 1 atom stereocenters. The minimum Gasteiger partial charge on any atom is -0.399 e. The summed E-state index contributed by atoms with van der Waals surface area (Å²) < 4.78 is 0.